The molecule has 1 unspecified atom stereocenters. The van der Waals surface area contributed by atoms with E-state index in [0.717, 1.165) is 13.0 Å². The first kappa shape index (κ1) is 7.52. The molecule has 4 nitrogen and oxygen atoms in total. The van der Waals surface area contributed by atoms with Crippen LogP contribution in [-0.2, 0) is 14.8 Å². The van der Waals surface area contributed by atoms with Gasteiger partial charge < -0.3 is 4.74 Å². The maximum atomic E-state index is 11.2. The van der Waals surface area contributed by atoms with Gasteiger partial charge in [-0.3, -0.25) is 0 Å². The Labute approximate surface area is 66.2 Å². The molecule has 0 aromatic carbocycles. The molecule has 2 heterocycles. The molecule has 0 N–H and O–H groups in total. The Bertz CT molecular complexity index is 245. The van der Waals surface area contributed by atoms with Gasteiger partial charge in [0.1, 0.15) is 0 Å². The number of hydrogen-bond donors (Lipinski definition) is 0. The van der Waals surface area contributed by atoms with E-state index in [1.807, 2.05) is 0 Å². The molecule has 64 valence electrons. The fourth-order valence-electron chi connectivity index (χ4n) is 1.30. The molecule has 2 aliphatic rings. The van der Waals surface area contributed by atoms with Crippen LogP contribution in [0, 0.1) is 0 Å². The van der Waals surface area contributed by atoms with Gasteiger partial charge in [0.05, 0.1) is 18.5 Å². The first-order chi connectivity index (χ1) is 5.18. The molecule has 0 spiro atoms. The summed E-state index contributed by atoms with van der Waals surface area (Å²) in [4.78, 5) is 0. The molecular weight excluding hydrogens is 166 g/mol. The highest BCUT2D eigenvalue weighted by molar-refractivity contribution is 7.89. The Kier molecular flexibility index (Phi) is 1.66. The monoisotopic (exact) mass is 177 g/mol. The summed E-state index contributed by atoms with van der Waals surface area (Å²) in [5.41, 5.74) is 0. The second-order valence-corrected chi connectivity index (χ2v) is 5.07. The Balaban J connectivity index is 2.01. The second kappa shape index (κ2) is 2.43. The molecule has 0 aromatic rings. The molecule has 2 saturated heterocycles. The van der Waals surface area contributed by atoms with Gasteiger partial charge in [0.2, 0.25) is 10.0 Å². The third kappa shape index (κ3) is 1.55. The molecule has 0 aliphatic carbocycles. The summed E-state index contributed by atoms with van der Waals surface area (Å²) in [6.45, 7) is 1.98. The van der Waals surface area contributed by atoms with Crippen molar-refractivity contribution in [2.24, 2.45) is 0 Å². The SMILES string of the molecule is O=S1(=O)CCCN1CC1CO1. The molecular formula is C6H11NO3S. The maximum Gasteiger partial charge on any atom is 0.214 e. The van der Waals surface area contributed by atoms with E-state index in [0.29, 0.717) is 18.8 Å². The molecule has 1 atom stereocenters. The Morgan fingerprint density at radius 3 is 2.73 bits per heavy atom. The van der Waals surface area contributed by atoms with E-state index in [-0.39, 0.29) is 6.10 Å². The highest BCUT2D eigenvalue weighted by atomic mass is 32.2. The van der Waals surface area contributed by atoms with Crippen molar-refractivity contribution in [1.29, 1.82) is 0 Å². The van der Waals surface area contributed by atoms with Crippen LogP contribution in [0.5, 0.6) is 0 Å². The van der Waals surface area contributed by atoms with Gasteiger partial charge in [0, 0.05) is 13.1 Å². The minimum atomic E-state index is -2.89. The fraction of sp³-hybridized carbons (Fsp3) is 1.00. The number of hydrogen-bond acceptors (Lipinski definition) is 3. The average molecular weight is 177 g/mol. The van der Waals surface area contributed by atoms with Crippen molar-refractivity contribution < 1.29 is 13.2 Å². The van der Waals surface area contributed by atoms with Crippen LogP contribution in [0.25, 0.3) is 0 Å². The number of sulfonamides is 1. The summed E-state index contributed by atoms with van der Waals surface area (Å²) in [6.07, 6.45) is 0.956. The van der Waals surface area contributed by atoms with Crippen molar-refractivity contribution in [3.8, 4) is 0 Å². The van der Waals surface area contributed by atoms with Gasteiger partial charge in [-0.15, -0.1) is 0 Å². The minimum Gasteiger partial charge on any atom is -0.372 e. The predicted molar refractivity (Wildman–Crippen MR) is 39.7 cm³/mol. The zero-order valence-corrected chi connectivity index (χ0v) is 7.01. The summed E-state index contributed by atoms with van der Waals surface area (Å²) in [5, 5.41) is 0. The van der Waals surface area contributed by atoms with Crippen LogP contribution < -0.4 is 0 Å². The van der Waals surface area contributed by atoms with E-state index in [1.54, 1.807) is 0 Å². The summed E-state index contributed by atoms with van der Waals surface area (Å²) in [5.74, 6) is 0.319. The molecule has 0 aromatic heterocycles. The molecule has 2 aliphatic heterocycles. The van der Waals surface area contributed by atoms with Gasteiger partial charge in [0.25, 0.3) is 0 Å². The topological polar surface area (TPSA) is 49.9 Å². The molecule has 0 radical (unpaired) electrons. The zero-order valence-electron chi connectivity index (χ0n) is 6.19. The number of rotatable bonds is 2. The van der Waals surface area contributed by atoms with Crippen LogP contribution in [-0.4, -0.2) is 44.3 Å². The second-order valence-electron chi connectivity index (χ2n) is 2.98. The zero-order chi connectivity index (χ0) is 7.90. The lowest BCUT2D eigenvalue weighted by Crippen LogP contribution is -2.29. The number of epoxide rings is 1. The number of ether oxygens (including phenoxy) is 1. The van der Waals surface area contributed by atoms with Crippen molar-refractivity contribution >= 4 is 10.0 Å². The Morgan fingerprint density at radius 2 is 2.27 bits per heavy atom. The summed E-state index contributed by atoms with van der Waals surface area (Å²) < 4.78 is 28.9. The third-order valence-electron chi connectivity index (χ3n) is 2.01. The van der Waals surface area contributed by atoms with E-state index in [1.165, 1.54) is 4.31 Å². The highest BCUT2D eigenvalue weighted by Crippen LogP contribution is 2.18. The third-order valence-corrected chi connectivity index (χ3v) is 3.94. The van der Waals surface area contributed by atoms with E-state index in [2.05, 4.69) is 0 Å². The summed E-state index contributed by atoms with van der Waals surface area (Å²) in [7, 11) is -2.89. The fourth-order valence-corrected chi connectivity index (χ4v) is 2.85. The number of nitrogens with zero attached hydrogens (tertiary/aromatic N) is 1. The van der Waals surface area contributed by atoms with Crippen LogP contribution in [0.4, 0.5) is 0 Å². The Hall–Kier alpha value is -0.130. The largest absolute Gasteiger partial charge is 0.372 e. The lowest BCUT2D eigenvalue weighted by molar-refractivity contribution is 0.347. The van der Waals surface area contributed by atoms with Crippen molar-refractivity contribution in [2.75, 3.05) is 25.4 Å². The highest BCUT2D eigenvalue weighted by Gasteiger charge is 2.34. The molecule has 2 fully saturated rings. The van der Waals surface area contributed by atoms with Crippen molar-refractivity contribution in [1.82, 2.24) is 4.31 Å². The minimum absolute atomic E-state index is 0.183. The normalized spacial score (nSPS) is 35.8. The van der Waals surface area contributed by atoms with Crippen LogP contribution in [0.15, 0.2) is 0 Å². The van der Waals surface area contributed by atoms with E-state index >= 15 is 0 Å². The van der Waals surface area contributed by atoms with Gasteiger partial charge in [-0.25, -0.2) is 8.42 Å². The molecule has 0 bridgehead atoms. The Morgan fingerprint density at radius 1 is 1.55 bits per heavy atom. The molecule has 2 rings (SSSR count). The van der Waals surface area contributed by atoms with Crippen molar-refractivity contribution in [3.63, 3.8) is 0 Å². The van der Waals surface area contributed by atoms with Gasteiger partial charge in [-0.1, -0.05) is 0 Å². The summed E-state index contributed by atoms with van der Waals surface area (Å²) in [6, 6.07) is 0. The first-order valence-electron chi connectivity index (χ1n) is 3.78. The van der Waals surface area contributed by atoms with E-state index in [9.17, 15) is 8.42 Å². The summed E-state index contributed by atoms with van der Waals surface area (Å²) >= 11 is 0. The van der Waals surface area contributed by atoms with Crippen LogP contribution in [0.2, 0.25) is 0 Å². The first-order valence-corrected chi connectivity index (χ1v) is 5.39. The molecule has 0 saturated carbocycles. The predicted octanol–water partition coefficient (Wildman–Crippen LogP) is -0.579. The maximum absolute atomic E-state index is 11.2. The molecule has 0 amide bonds. The smallest absolute Gasteiger partial charge is 0.214 e. The lowest BCUT2D eigenvalue weighted by Gasteiger charge is -2.11. The standard InChI is InChI=1S/C6H11NO3S/c8-11(9)3-1-2-7(11)4-6-5-10-6/h6H,1-5H2. The molecule has 5 heteroatoms. The van der Waals surface area contributed by atoms with E-state index < -0.39 is 10.0 Å². The van der Waals surface area contributed by atoms with Gasteiger partial charge in [-0.2, -0.15) is 4.31 Å². The van der Waals surface area contributed by atoms with E-state index in [4.69, 9.17) is 4.74 Å². The van der Waals surface area contributed by atoms with Gasteiger partial charge in [-0.05, 0) is 6.42 Å². The van der Waals surface area contributed by atoms with Crippen LogP contribution in [0.3, 0.4) is 0 Å². The van der Waals surface area contributed by atoms with Crippen molar-refractivity contribution in [3.05, 3.63) is 0 Å². The van der Waals surface area contributed by atoms with Gasteiger partial charge in [0.15, 0.2) is 0 Å². The lowest BCUT2D eigenvalue weighted by atomic mass is 10.4. The molecule has 11 heavy (non-hydrogen) atoms. The van der Waals surface area contributed by atoms with Crippen LogP contribution in [0.1, 0.15) is 6.42 Å². The van der Waals surface area contributed by atoms with Crippen LogP contribution >= 0.6 is 0 Å². The van der Waals surface area contributed by atoms with Gasteiger partial charge >= 0.3 is 0 Å². The average Bonchev–Trinajstić information content (AvgIpc) is 2.63. The quantitative estimate of drug-likeness (QED) is 0.530. The van der Waals surface area contributed by atoms with Crippen molar-refractivity contribution in [2.45, 2.75) is 12.5 Å².